The Morgan fingerprint density at radius 1 is 1.05 bits per heavy atom. The maximum absolute atomic E-state index is 12.6. The quantitative estimate of drug-likeness (QED) is 0.876. The van der Waals surface area contributed by atoms with E-state index in [4.69, 9.17) is 10.5 Å². The second-order valence-corrected chi connectivity index (χ2v) is 5.88. The Morgan fingerprint density at radius 3 is 2.29 bits per heavy atom. The van der Waals surface area contributed by atoms with E-state index in [1.807, 2.05) is 23.1 Å². The van der Waals surface area contributed by atoms with Crippen molar-refractivity contribution in [2.45, 2.75) is 18.4 Å². The van der Waals surface area contributed by atoms with Crippen LogP contribution in [0.25, 0.3) is 0 Å². The molecule has 2 N–H and O–H groups in total. The summed E-state index contributed by atoms with van der Waals surface area (Å²) in [5, 5.41) is 0. The van der Waals surface area contributed by atoms with E-state index < -0.39 is 5.54 Å². The van der Waals surface area contributed by atoms with Crippen molar-refractivity contribution >= 4 is 11.6 Å². The molecule has 0 saturated carbocycles. The van der Waals surface area contributed by atoms with E-state index in [-0.39, 0.29) is 5.91 Å². The Bertz CT molecular complexity index is 478. The van der Waals surface area contributed by atoms with Crippen LogP contribution in [-0.4, -0.2) is 55.7 Å². The minimum atomic E-state index is -0.715. The van der Waals surface area contributed by atoms with Gasteiger partial charge in [0.1, 0.15) is 0 Å². The molecule has 114 valence electrons. The van der Waals surface area contributed by atoms with Crippen LogP contribution in [0.3, 0.4) is 0 Å². The van der Waals surface area contributed by atoms with E-state index >= 15 is 0 Å². The minimum absolute atomic E-state index is 0.0958. The number of rotatable bonds is 2. The molecule has 0 aromatic heterocycles. The topological polar surface area (TPSA) is 58.8 Å². The summed E-state index contributed by atoms with van der Waals surface area (Å²) in [7, 11) is 0. The van der Waals surface area contributed by atoms with E-state index in [2.05, 4.69) is 17.0 Å². The molecular formula is C16H23N3O2. The Morgan fingerprint density at radius 2 is 1.67 bits per heavy atom. The highest BCUT2D eigenvalue weighted by molar-refractivity contribution is 5.86. The highest BCUT2D eigenvalue weighted by Gasteiger charge is 2.39. The van der Waals surface area contributed by atoms with Gasteiger partial charge in [-0.25, -0.2) is 0 Å². The van der Waals surface area contributed by atoms with E-state index in [0.717, 1.165) is 26.2 Å². The van der Waals surface area contributed by atoms with Crippen LogP contribution in [0, 0.1) is 0 Å². The predicted molar refractivity (Wildman–Crippen MR) is 82.2 cm³/mol. The van der Waals surface area contributed by atoms with Crippen molar-refractivity contribution in [1.82, 2.24) is 4.90 Å². The van der Waals surface area contributed by atoms with Gasteiger partial charge in [0.25, 0.3) is 0 Å². The van der Waals surface area contributed by atoms with Crippen molar-refractivity contribution in [1.29, 1.82) is 0 Å². The molecule has 5 heteroatoms. The summed E-state index contributed by atoms with van der Waals surface area (Å²) in [6.07, 6.45) is 1.26. The summed E-state index contributed by atoms with van der Waals surface area (Å²) < 4.78 is 5.32. The van der Waals surface area contributed by atoms with Crippen LogP contribution in [-0.2, 0) is 9.53 Å². The molecule has 2 saturated heterocycles. The van der Waals surface area contributed by atoms with Gasteiger partial charge in [-0.3, -0.25) is 4.79 Å². The third-order valence-corrected chi connectivity index (χ3v) is 4.50. The number of nitrogens with two attached hydrogens (primary N) is 1. The molecule has 0 spiro atoms. The summed E-state index contributed by atoms with van der Waals surface area (Å²) >= 11 is 0. The summed E-state index contributed by atoms with van der Waals surface area (Å²) in [5.41, 5.74) is 6.80. The molecule has 0 atom stereocenters. The molecule has 2 heterocycles. The number of piperazine rings is 1. The maximum Gasteiger partial charge on any atom is 0.242 e. The lowest BCUT2D eigenvalue weighted by molar-refractivity contribution is -0.140. The maximum atomic E-state index is 12.6. The molecular weight excluding hydrogens is 266 g/mol. The van der Waals surface area contributed by atoms with Crippen molar-refractivity contribution in [3.05, 3.63) is 30.3 Å². The number of hydrogen-bond donors (Lipinski definition) is 1. The van der Waals surface area contributed by atoms with Gasteiger partial charge in [0.2, 0.25) is 5.91 Å². The number of carbonyl (C=O) groups is 1. The normalized spacial score (nSPS) is 22.1. The second kappa shape index (κ2) is 6.03. The zero-order chi connectivity index (χ0) is 14.7. The minimum Gasteiger partial charge on any atom is -0.381 e. The van der Waals surface area contributed by atoms with Crippen LogP contribution < -0.4 is 10.6 Å². The Hall–Kier alpha value is -1.59. The van der Waals surface area contributed by atoms with Gasteiger partial charge in [0.05, 0.1) is 5.54 Å². The molecule has 21 heavy (non-hydrogen) atoms. The first kappa shape index (κ1) is 14.4. The fourth-order valence-corrected chi connectivity index (χ4v) is 3.07. The Kier molecular flexibility index (Phi) is 4.12. The van der Waals surface area contributed by atoms with Crippen LogP contribution >= 0.6 is 0 Å². The molecule has 0 aliphatic carbocycles. The fourth-order valence-electron chi connectivity index (χ4n) is 3.07. The monoisotopic (exact) mass is 289 g/mol. The molecule has 2 aliphatic heterocycles. The first-order valence-electron chi connectivity index (χ1n) is 7.65. The molecule has 3 rings (SSSR count). The largest absolute Gasteiger partial charge is 0.381 e. The number of carbonyl (C=O) groups excluding carboxylic acids is 1. The summed E-state index contributed by atoms with van der Waals surface area (Å²) in [6.45, 7) is 4.39. The van der Waals surface area contributed by atoms with Crippen LogP contribution in [0.1, 0.15) is 12.8 Å². The highest BCUT2D eigenvalue weighted by atomic mass is 16.5. The average Bonchev–Trinajstić information content (AvgIpc) is 2.56. The van der Waals surface area contributed by atoms with Crippen molar-refractivity contribution in [2.24, 2.45) is 5.73 Å². The first-order valence-corrected chi connectivity index (χ1v) is 7.65. The van der Waals surface area contributed by atoms with Crippen molar-refractivity contribution in [2.75, 3.05) is 44.3 Å². The molecule has 1 aromatic carbocycles. The molecule has 5 nitrogen and oxygen atoms in total. The lowest BCUT2D eigenvalue weighted by Gasteiger charge is -2.41. The van der Waals surface area contributed by atoms with Gasteiger partial charge >= 0.3 is 0 Å². The highest BCUT2D eigenvalue weighted by Crippen LogP contribution is 2.22. The molecule has 0 bridgehead atoms. The van der Waals surface area contributed by atoms with Crippen molar-refractivity contribution in [3.8, 4) is 0 Å². The molecule has 1 aromatic rings. The van der Waals surface area contributed by atoms with Gasteiger partial charge in [0.15, 0.2) is 0 Å². The van der Waals surface area contributed by atoms with Gasteiger partial charge < -0.3 is 20.3 Å². The zero-order valence-electron chi connectivity index (χ0n) is 12.3. The van der Waals surface area contributed by atoms with Gasteiger partial charge in [-0.15, -0.1) is 0 Å². The van der Waals surface area contributed by atoms with E-state index in [1.165, 1.54) is 5.69 Å². The predicted octanol–water partition coefficient (Wildman–Crippen LogP) is 0.843. The fraction of sp³-hybridized carbons (Fsp3) is 0.562. The van der Waals surface area contributed by atoms with Gasteiger partial charge in [-0.1, -0.05) is 18.2 Å². The molecule has 2 fully saturated rings. The van der Waals surface area contributed by atoms with Crippen molar-refractivity contribution in [3.63, 3.8) is 0 Å². The molecule has 0 radical (unpaired) electrons. The van der Waals surface area contributed by atoms with Crippen LogP contribution in [0.4, 0.5) is 5.69 Å². The lowest BCUT2D eigenvalue weighted by Crippen LogP contribution is -2.61. The number of amides is 1. The molecule has 2 aliphatic rings. The third kappa shape index (κ3) is 3.04. The van der Waals surface area contributed by atoms with Gasteiger partial charge in [0, 0.05) is 45.1 Å². The Labute approximate surface area is 125 Å². The SMILES string of the molecule is NC1(C(=O)N2CCN(c3ccccc3)CC2)CCOCC1. The van der Waals surface area contributed by atoms with Crippen LogP contribution in [0.2, 0.25) is 0 Å². The number of nitrogens with zero attached hydrogens (tertiary/aromatic N) is 2. The van der Waals surface area contributed by atoms with E-state index in [9.17, 15) is 4.79 Å². The first-order chi connectivity index (χ1) is 10.2. The summed E-state index contributed by atoms with van der Waals surface area (Å²) in [4.78, 5) is 16.9. The Balaban J connectivity index is 1.59. The third-order valence-electron chi connectivity index (χ3n) is 4.50. The van der Waals surface area contributed by atoms with Crippen LogP contribution in [0.15, 0.2) is 30.3 Å². The number of para-hydroxylation sites is 1. The number of hydrogen-bond acceptors (Lipinski definition) is 4. The molecule has 1 amide bonds. The smallest absolute Gasteiger partial charge is 0.242 e. The summed E-state index contributed by atoms with van der Waals surface area (Å²) in [5.74, 6) is 0.0958. The summed E-state index contributed by atoms with van der Waals surface area (Å²) in [6, 6.07) is 10.3. The zero-order valence-corrected chi connectivity index (χ0v) is 12.3. The van der Waals surface area contributed by atoms with Crippen LogP contribution in [0.5, 0.6) is 0 Å². The van der Waals surface area contributed by atoms with E-state index in [1.54, 1.807) is 0 Å². The van der Waals surface area contributed by atoms with E-state index in [0.29, 0.717) is 26.1 Å². The number of anilines is 1. The number of ether oxygens (including phenoxy) is 1. The van der Waals surface area contributed by atoms with Gasteiger partial charge in [-0.2, -0.15) is 0 Å². The second-order valence-electron chi connectivity index (χ2n) is 5.88. The lowest BCUT2D eigenvalue weighted by atomic mass is 9.89. The average molecular weight is 289 g/mol. The standard InChI is InChI=1S/C16H23N3O2/c17-16(6-12-21-13-7-16)15(20)19-10-8-18(9-11-19)14-4-2-1-3-5-14/h1-5H,6-13,17H2. The van der Waals surface area contributed by atoms with Crippen molar-refractivity contribution < 1.29 is 9.53 Å². The molecule has 0 unspecified atom stereocenters. The number of benzene rings is 1. The van der Waals surface area contributed by atoms with Gasteiger partial charge in [-0.05, 0) is 25.0 Å².